The third-order valence-electron chi connectivity index (χ3n) is 2.95. The Kier molecular flexibility index (Phi) is 3.47. The third-order valence-corrected chi connectivity index (χ3v) is 2.95. The van der Waals surface area contributed by atoms with E-state index in [1.54, 1.807) is 4.68 Å². The van der Waals surface area contributed by atoms with Gasteiger partial charge in [0.15, 0.2) is 0 Å². The molecule has 0 fully saturated rings. The van der Waals surface area contributed by atoms with Crippen LogP contribution in [0.3, 0.4) is 0 Å². The Morgan fingerprint density at radius 2 is 2.06 bits per heavy atom. The molecular weight excluding hydrogens is 230 g/mol. The van der Waals surface area contributed by atoms with E-state index in [1.807, 2.05) is 26.2 Å². The van der Waals surface area contributed by atoms with Crippen LogP contribution in [0.1, 0.15) is 32.6 Å². The van der Waals surface area contributed by atoms with E-state index in [-0.39, 0.29) is 12.0 Å². The van der Waals surface area contributed by atoms with Crippen LogP contribution in [-0.2, 0) is 7.05 Å². The van der Waals surface area contributed by atoms with Crippen molar-refractivity contribution in [2.24, 2.45) is 18.7 Å². The van der Waals surface area contributed by atoms with Gasteiger partial charge in [0, 0.05) is 19.3 Å². The number of rotatable bonds is 4. The van der Waals surface area contributed by atoms with Crippen molar-refractivity contribution in [1.29, 1.82) is 0 Å². The van der Waals surface area contributed by atoms with E-state index in [0.717, 1.165) is 0 Å². The largest absolute Gasteiger partial charge is 0.339 e. The number of nitrogens with two attached hydrogens (primary N) is 1. The lowest BCUT2D eigenvalue weighted by Gasteiger charge is -2.20. The van der Waals surface area contributed by atoms with Crippen molar-refractivity contribution in [3.8, 4) is 11.5 Å². The molecule has 2 N–H and O–H groups in total. The average molecular weight is 249 g/mol. The summed E-state index contributed by atoms with van der Waals surface area (Å²) in [6, 6.07) is 1.83. The van der Waals surface area contributed by atoms with E-state index in [2.05, 4.69) is 29.1 Å². The van der Waals surface area contributed by atoms with Crippen LogP contribution >= 0.6 is 0 Å². The number of aromatic nitrogens is 4. The summed E-state index contributed by atoms with van der Waals surface area (Å²) < 4.78 is 7.03. The monoisotopic (exact) mass is 249 g/mol. The minimum Gasteiger partial charge on any atom is -0.339 e. The summed E-state index contributed by atoms with van der Waals surface area (Å²) in [6.45, 7) is 6.15. The molecule has 0 spiro atoms. The number of hydrogen-bond donors (Lipinski definition) is 1. The highest BCUT2D eigenvalue weighted by Crippen LogP contribution is 2.27. The molecule has 2 atom stereocenters. The number of hydrogen-bond acceptors (Lipinski definition) is 5. The van der Waals surface area contributed by atoms with Crippen molar-refractivity contribution < 1.29 is 4.52 Å². The van der Waals surface area contributed by atoms with E-state index < -0.39 is 0 Å². The summed E-state index contributed by atoms with van der Waals surface area (Å²) in [5.41, 5.74) is 6.68. The maximum atomic E-state index is 5.97. The minimum absolute atomic E-state index is 0.0259. The van der Waals surface area contributed by atoms with Crippen LogP contribution in [0, 0.1) is 5.92 Å². The van der Waals surface area contributed by atoms with E-state index >= 15 is 0 Å². The molecule has 2 aromatic heterocycles. The van der Waals surface area contributed by atoms with Crippen molar-refractivity contribution in [3.63, 3.8) is 0 Å². The van der Waals surface area contributed by atoms with Crippen LogP contribution in [0.4, 0.5) is 0 Å². The van der Waals surface area contributed by atoms with Gasteiger partial charge in [-0.15, -0.1) is 0 Å². The van der Waals surface area contributed by atoms with Gasteiger partial charge in [-0.1, -0.05) is 19.0 Å². The van der Waals surface area contributed by atoms with Crippen molar-refractivity contribution in [2.75, 3.05) is 0 Å². The standard InChI is InChI=1S/C12H19N5O/c1-7(2)10(8(3)13)12-14-11(16-18-12)9-5-6-17(4)15-9/h5-8,10H,13H2,1-4H3. The second kappa shape index (κ2) is 4.89. The first-order valence-corrected chi connectivity index (χ1v) is 6.08. The molecule has 0 radical (unpaired) electrons. The van der Waals surface area contributed by atoms with E-state index in [0.29, 0.717) is 23.3 Å². The fraction of sp³-hybridized carbons (Fsp3) is 0.583. The van der Waals surface area contributed by atoms with Crippen molar-refractivity contribution in [3.05, 3.63) is 18.2 Å². The van der Waals surface area contributed by atoms with Crippen LogP contribution in [-0.4, -0.2) is 26.0 Å². The zero-order chi connectivity index (χ0) is 13.3. The molecule has 0 saturated carbocycles. The highest BCUT2D eigenvalue weighted by Gasteiger charge is 2.26. The molecule has 2 heterocycles. The normalized spacial score (nSPS) is 15.0. The predicted molar refractivity (Wildman–Crippen MR) is 67.7 cm³/mol. The van der Waals surface area contributed by atoms with E-state index in [1.165, 1.54) is 0 Å². The van der Waals surface area contributed by atoms with Gasteiger partial charge in [-0.3, -0.25) is 4.68 Å². The topological polar surface area (TPSA) is 82.8 Å². The van der Waals surface area contributed by atoms with E-state index in [4.69, 9.17) is 10.3 Å². The molecule has 0 aliphatic carbocycles. The molecule has 0 bridgehead atoms. The summed E-state index contributed by atoms with van der Waals surface area (Å²) in [5, 5.41) is 8.21. The van der Waals surface area contributed by atoms with Gasteiger partial charge in [-0.25, -0.2) is 0 Å². The quantitative estimate of drug-likeness (QED) is 0.889. The molecule has 18 heavy (non-hydrogen) atoms. The van der Waals surface area contributed by atoms with Gasteiger partial charge in [0.2, 0.25) is 11.7 Å². The number of aryl methyl sites for hydroxylation is 1. The Labute approximate surface area is 106 Å². The zero-order valence-electron chi connectivity index (χ0n) is 11.2. The van der Waals surface area contributed by atoms with Gasteiger partial charge in [-0.2, -0.15) is 10.1 Å². The van der Waals surface area contributed by atoms with Crippen molar-refractivity contribution in [1.82, 2.24) is 19.9 Å². The summed E-state index contributed by atoms with van der Waals surface area (Å²) in [7, 11) is 1.85. The summed E-state index contributed by atoms with van der Waals surface area (Å²) in [4.78, 5) is 4.40. The van der Waals surface area contributed by atoms with Gasteiger partial charge in [0.05, 0.1) is 5.92 Å². The maximum absolute atomic E-state index is 5.97. The fourth-order valence-electron chi connectivity index (χ4n) is 2.13. The molecule has 0 saturated heterocycles. The van der Waals surface area contributed by atoms with Gasteiger partial charge in [0.25, 0.3) is 0 Å². The van der Waals surface area contributed by atoms with Gasteiger partial charge < -0.3 is 10.3 Å². The van der Waals surface area contributed by atoms with Crippen LogP contribution in [0.15, 0.2) is 16.8 Å². The predicted octanol–water partition coefficient (Wildman–Crippen LogP) is 1.56. The summed E-state index contributed by atoms with van der Waals surface area (Å²) in [6.07, 6.45) is 1.84. The second-order valence-corrected chi connectivity index (χ2v) is 4.96. The van der Waals surface area contributed by atoms with E-state index in [9.17, 15) is 0 Å². The molecule has 2 rings (SSSR count). The van der Waals surface area contributed by atoms with Gasteiger partial charge >= 0.3 is 0 Å². The lowest BCUT2D eigenvalue weighted by atomic mass is 9.90. The highest BCUT2D eigenvalue weighted by molar-refractivity contribution is 5.46. The van der Waals surface area contributed by atoms with Crippen LogP contribution in [0.2, 0.25) is 0 Å². The third kappa shape index (κ3) is 2.43. The van der Waals surface area contributed by atoms with Crippen LogP contribution in [0.25, 0.3) is 11.5 Å². The Hall–Kier alpha value is -1.69. The minimum atomic E-state index is -0.0259. The molecular formula is C12H19N5O. The lowest BCUT2D eigenvalue weighted by Crippen LogP contribution is -2.28. The fourth-order valence-corrected chi connectivity index (χ4v) is 2.13. The molecule has 6 heteroatoms. The Balaban J connectivity index is 2.29. The second-order valence-electron chi connectivity index (χ2n) is 4.96. The smallest absolute Gasteiger partial charge is 0.231 e. The molecule has 0 aliphatic rings. The Bertz CT molecular complexity index is 506. The molecule has 0 aromatic carbocycles. The summed E-state index contributed by atoms with van der Waals surface area (Å²) in [5.74, 6) is 1.51. The van der Waals surface area contributed by atoms with Gasteiger partial charge in [0.1, 0.15) is 5.69 Å². The Morgan fingerprint density at radius 3 is 2.56 bits per heavy atom. The van der Waals surface area contributed by atoms with Crippen molar-refractivity contribution >= 4 is 0 Å². The van der Waals surface area contributed by atoms with Crippen molar-refractivity contribution in [2.45, 2.75) is 32.7 Å². The SMILES string of the molecule is CC(C)C(c1nc(-c2ccn(C)n2)no1)C(C)N. The molecule has 2 aromatic rings. The average Bonchev–Trinajstić information content (AvgIpc) is 2.85. The molecule has 0 amide bonds. The molecule has 2 unspecified atom stereocenters. The molecule has 0 aliphatic heterocycles. The highest BCUT2D eigenvalue weighted by atomic mass is 16.5. The summed E-state index contributed by atoms with van der Waals surface area (Å²) >= 11 is 0. The maximum Gasteiger partial charge on any atom is 0.231 e. The number of nitrogens with zero attached hydrogens (tertiary/aromatic N) is 4. The first kappa shape index (κ1) is 12.8. The van der Waals surface area contributed by atoms with Gasteiger partial charge in [-0.05, 0) is 18.9 Å². The molecule has 98 valence electrons. The van der Waals surface area contributed by atoms with Crippen LogP contribution < -0.4 is 5.73 Å². The zero-order valence-corrected chi connectivity index (χ0v) is 11.2. The van der Waals surface area contributed by atoms with Crippen LogP contribution in [0.5, 0.6) is 0 Å². The Morgan fingerprint density at radius 1 is 1.33 bits per heavy atom. The first-order valence-electron chi connectivity index (χ1n) is 6.08. The lowest BCUT2D eigenvalue weighted by molar-refractivity contribution is 0.300. The molecule has 6 nitrogen and oxygen atoms in total. The first-order chi connectivity index (χ1) is 8.49.